The van der Waals surface area contributed by atoms with Crippen LogP contribution in [0.25, 0.3) is 0 Å². The van der Waals surface area contributed by atoms with Gasteiger partial charge < -0.3 is 10.1 Å². The van der Waals surface area contributed by atoms with Crippen LogP contribution in [-0.2, 0) is 0 Å². The fourth-order valence-electron chi connectivity index (χ4n) is 1.58. The number of aromatic nitrogens is 2. The van der Waals surface area contributed by atoms with E-state index in [2.05, 4.69) is 22.2 Å². The van der Waals surface area contributed by atoms with Crippen LogP contribution < -0.4 is 10.1 Å². The lowest BCUT2D eigenvalue weighted by atomic mass is 10.2. The fourth-order valence-corrected chi connectivity index (χ4v) is 1.58. The molecule has 0 unspecified atom stereocenters. The van der Waals surface area contributed by atoms with Crippen LogP contribution in [-0.4, -0.2) is 23.6 Å². The average molecular weight is 223 g/mol. The summed E-state index contributed by atoms with van der Waals surface area (Å²) in [5.74, 6) is 1.52. The van der Waals surface area contributed by atoms with Crippen molar-refractivity contribution in [3.05, 3.63) is 11.9 Å². The zero-order valence-corrected chi connectivity index (χ0v) is 10.4. The first kappa shape index (κ1) is 12.7. The Kier molecular flexibility index (Phi) is 5.61. The Labute approximate surface area is 97.5 Å². The molecule has 4 heteroatoms. The molecular formula is C12H21N3O. The predicted molar refractivity (Wildman–Crippen MR) is 66.0 cm³/mol. The number of rotatable bonds is 7. The molecule has 1 aromatic heterocycles. The maximum absolute atomic E-state index is 5.14. The fraction of sp³-hybridized carbons (Fsp3) is 0.667. The standard InChI is InChI=1S/C12H21N3O/c1-4-5-6-7-8-13-11-10(2)12(16-3)15-9-14-11/h9H,4-8H2,1-3H3,(H,13,14,15). The highest BCUT2D eigenvalue weighted by Crippen LogP contribution is 2.19. The number of anilines is 1. The molecule has 4 nitrogen and oxygen atoms in total. The lowest BCUT2D eigenvalue weighted by Crippen LogP contribution is -2.06. The third-order valence-corrected chi connectivity index (χ3v) is 2.55. The van der Waals surface area contributed by atoms with Crippen molar-refractivity contribution in [2.45, 2.75) is 39.5 Å². The van der Waals surface area contributed by atoms with E-state index in [0.29, 0.717) is 5.88 Å². The third kappa shape index (κ3) is 3.68. The smallest absolute Gasteiger partial charge is 0.221 e. The first-order valence-corrected chi connectivity index (χ1v) is 5.89. The van der Waals surface area contributed by atoms with Crippen molar-refractivity contribution in [2.75, 3.05) is 19.0 Å². The highest BCUT2D eigenvalue weighted by atomic mass is 16.5. The molecule has 0 atom stereocenters. The molecule has 0 spiro atoms. The number of methoxy groups -OCH3 is 1. The SMILES string of the molecule is CCCCCCNc1ncnc(OC)c1C. The zero-order valence-electron chi connectivity index (χ0n) is 10.4. The molecule has 0 aliphatic carbocycles. The van der Waals surface area contributed by atoms with Gasteiger partial charge in [-0.1, -0.05) is 26.2 Å². The van der Waals surface area contributed by atoms with Gasteiger partial charge in [-0.05, 0) is 13.3 Å². The Morgan fingerprint density at radius 2 is 2.06 bits per heavy atom. The lowest BCUT2D eigenvalue weighted by Gasteiger charge is -2.10. The number of hydrogen-bond acceptors (Lipinski definition) is 4. The van der Waals surface area contributed by atoms with Gasteiger partial charge in [0.1, 0.15) is 12.1 Å². The minimum absolute atomic E-state index is 0.644. The molecule has 1 N–H and O–H groups in total. The second kappa shape index (κ2) is 7.04. The van der Waals surface area contributed by atoms with Crippen LogP contribution in [0, 0.1) is 6.92 Å². The first-order chi connectivity index (χ1) is 7.79. The molecule has 1 aromatic rings. The lowest BCUT2D eigenvalue weighted by molar-refractivity contribution is 0.393. The van der Waals surface area contributed by atoms with Crippen molar-refractivity contribution in [3.63, 3.8) is 0 Å². The van der Waals surface area contributed by atoms with E-state index in [1.54, 1.807) is 7.11 Å². The molecule has 0 aromatic carbocycles. The molecule has 0 saturated carbocycles. The molecule has 0 radical (unpaired) electrons. The molecule has 0 fully saturated rings. The van der Waals surface area contributed by atoms with Crippen molar-refractivity contribution >= 4 is 5.82 Å². The largest absolute Gasteiger partial charge is 0.481 e. The summed E-state index contributed by atoms with van der Waals surface area (Å²) in [6, 6.07) is 0. The Morgan fingerprint density at radius 3 is 2.75 bits per heavy atom. The highest BCUT2D eigenvalue weighted by Gasteiger charge is 2.05. The highest BCUT2D eigenvalue weighted by molar-refractivity contribution is 5.47. The van der Waals surface area contributed by atoms with E-state index in [0.717, 1.165) is 17.9 Å². The summed E-state index contributed by atoms with van der Waals surface area (Å²) in [5.41, 5.74) is 0.973. The van der Waals surface area contributed by atoms with E-state index >= 15 is 0 Å². The van der Waals surface area contributed by atoms with Crippen LogP contribution in [0.1, 0.15) is 38.2 Å². The molecule has 0 bridgehead atoms. The van der Waals surface area contributed by atoms with Crippen LogP contribution in [0.5, 0.6) is 5.88 Å². The maximum atomic E-state index is 5.14. The van der Waals surface area contributed by atoms with Crippen molar-refractivity contribution in [3.8, 4) is 5.88 Å². The summed E-state index contributed by atoms with van der Waals surface area (Å²) in [7, 11) is 1.63. The van der Waals surface area contributed by atoms with Gasteiger partial charge >= 0.3 is 0 Å². The van der Waals surface area contributed by atoms with Crippen LogP contribution in [0.15, 0.2) is 6.33 Å². The van der Waals surface area contributed by atoms with Gasteiger partial charge in [-0.25, -0.2) is 9.97 Å². The van der Waals surface area contributed by atoms with E-state index in [-0.39, 0.29) is 0 Å². The van der Waals surface area contributed by atoms with Crippen LogP contribution in [0.3, 0.4) is 0 Å². The maximum Gasteiger partial charge on any atom is 0.221 e. The van der Waals surface area contributed by atoms with Gasteiger partial charge in [0.25, 0.3) is 0 Å². The molecule has 16 heavy (non-hydrogen) atoms. The van der Waals surface area contributed by atoms with Crippen molar-refractivity contribution in [1.82, 2.24) is 9.97 Å². The Balaban J connectivity index is 2.41. The molecule has 90 valence electrons. The van der Waals surface area contributed by atoms with Crippen molar-refractivity contribution < 1.29 is 4.74 Å². The molecule has 1 heterocycles. The number of nitrogens with zero attached hydrogens (tertiary/aromatic N) is 2. The quantitative estimate of drug-likeness (QED) is 0.722. The average Bonchev–Trinajstić information content (AvgIpc) is 2.31. The molecule has 0 aliphatic rings. The van der Waals surface area contributed by atoms with Gasteiger partial charge in [-0.2, -0.15) is 0 Å². The third-order valence-electron chi connectivity index (χ3n) is 2.55. The van der Waals surface area contributed by atoms with Gasteiger partial charge in [-0.3, -0.25) is 0 Å². The second-order valence-electron chi connectivity index (χ2n) is 3.84. The zero-order chi connectivity index (χ0) is 11.8. The number of hydrogen-bond donors (Lipinski definition) is 1. The molecule has 1 rings (SSSR count). The molecular weight excluding hydrogens is 202 g/mol. The monoisotopic (exact) mass is 223 g/mol. The van der Waals surface area contributed by atoms with Gasteiger partial charge in [0.15, 0.2) is 0 Å². The van der Waals surface area contributed by atoms with E-state index in [1.807, 2.05) is 6.92 Å². The van der Waals surface area contributed by atoms with Gasteiger partial charge in [-0.15, -0.1) is 0 Å². The predicted octanol–water partition coefficient (Wildman–Crippen LogP) is 2.79. The van der Waals surface area contributed by atoms with E-state index in [1.165, 1.54) is 32.0 Å². The van der Waals surface area contributed by atoms with E-state index < -0.39 is 0 Å². The molecule has 0 aliphatic heterocycles. The summed E-state index contributed by atoms with van der Waals surface area (Å²) in [6.45, 7) is 5.14. The van der Waals surface area contributed by atoms with Gasteiger partial charge in [0.2, 0.25) is 5.88 Å². The van der Waals surface area contributed by atoms with E-state index in [9.17, 15) is 0 Å². The normalized spacial score (nSPS) is 10.2. The summed E-state index contributed by atoms with van der Waals surface area (Å²) >= 11 is 0. The van der Waals surface area contributed by atoms with Crippen LogP contribution >= 0.6 is 0 Å². The summed E-state index contributed by atoms with van der Waals surface area (Å²) in [6.07, 6.45) is 6.54. The van der Waals surface area contributed by atoms with Gasteiger partial charge in [0, 0.05) is 6.54 Å². The summed E-state index contributed by atoms with van der Waals surface area (Å²) in [5, 5.41) is 3.32. The molecule has 0 amide bonds. The molecule has 0 saturated heterocycles. The van der Waals surface area contributed by atoms with Crippen LogP contribution in [0.2, 0.25) is 0 Å². The van der Waals surface area contributed by atoms with Gasteiger partial charge in [0.05, 0.1) is 12.7 Å². The Bertz CT molecular complexity index is 315. The summed E-state index contributed by atoms with van der Waals surface area (Å²) in [4.78, 5) is 8.24. The number of ether oxygens (including phenoxy) is 1. The topological polar surface area (TPSA) is 47.0 Å². The number of unbranched alkanes of at least 4 members (excludes halogenated alkanes) is 3. The van der Waals surface area contributed by atoms with E-state index in [4.69, 9.17) is 4.74 Å². The summed E-state index contributed by atoms with van der Waals surface area (Å²) < 4.78 is 5.14. The van der Waals surface area contributed by atoms with Crippen molar-refractivity contribution in [2.24, 2.45) is 0 Å². The first-order valence-electron chi connectivity index (χ1n) is 5.89. The Morgan fingerprint density at radius 1 is 1.25 bits per heavy atom. The minimum Gasteiger partial charge on any atom is -0.481 e. The second-order valence-corrected chi connectivity index (χ2v) is 3.84. The Hall–Kier alpha value is -1.32. The minimum atomic E-state index is 0.644. The number of nitrogens with one attached hydrogen (secondary N) is 1. The van der Waals surface area contributed by atoms with Crippen molar-refractivity contribution in [1.29, 1.82) is 0 Å². The van der Waals surface area contributed by atoms with Crippen LogP contribution in [0.4, 0.5) is 5.82 Å².